The molecule has 0 aliphatic carbocycles. The Morgan fingerprint density at radius 3 is 2.34 bits per heavy atom. The molecule has 3 rings (SSSR count). The van der Waals surface area contributed by atoms with E-state index >= 15 is 0 Å². The van der Waals surface area contributed by atoms with Gasteiger partial charge in [0, 0.05) is 10.6 Å². The highest BCUT2D eigenvalue weighted by molar-refractivity contribution is 7.95. The van der Waals surface area contributed by atoms with Crippen molar-refractivity contribution in [3.63, 3.8) is 0 Å². The SMILES string of the molecule is Cc1ccc(S(=O)(=O)C(C#N)=Cc2ccccc2OCc2ccc(Cl)cc2)cc1. The molecule has 0 spiro atoms. The molecule has 0 heterocycles. The van der Waals surface area contributed by atoms with Crippen LogP contribution >= 0.6 is 11.6 Å². The van der Waals surface area contributed by atoms with Crippen LogP contribution < -0.4 is 4.74 Å². The zero-order chi connectivity index (χ0) is 20.9. The van der Waals surface area contributed by atoms with Crippen molar-refractivity contribution < 1.29 is 13.2 Å². The summed E-state index contributed by atoms with van der Waals surface area (Å²) in [7, 11) is -3.92. The molecule has 0 aromatic heterocycles. The van der Waals surface area contributed by atoms with Crippen LogP contribution in [0.5, 0.6) is 5.75 Å². The van der Waals surface area contributed by atoms with Crippen LogP contribution in [0.1, 0.15) is 16.7 Å². The van der Waals surface area contributed by atoms with E-state index in [4.69, 9.17) is 16.3 Å². The van der Waals surface area contributed by atoms with Crippen LogP contribution in [0.15, 0.2) is 82.6 Å². The number of ether oxygens (including phenoxy) is 1. The molecule has 3 aromatic rings. The minimum Gasteiger partial charge on any atom is -0.488 e. The Morgan fingerprint density at radius 1 is 1.03 bits per heavy atom. The second-order valence-electron chi connectivity index (χ2n) is 6.39. The second-order valence-corrected chi connectivity index (χ2v) is 8.74. The second kappa shape index (κ2) is 8.95. The molecule has 6 heteroatoms. The van der Waals surface area contributed by atoms with Crippen LogP contribution in [-0.4, -0.2) is 8.42 Å². The van der Waals surface area contributed by atoms with Gasteiger partial charge in [0.15, 0.2) is 0 Å². The smallest absolute Gasteiger partial charge is 0.216 e. The predicted molar refractivity (Wildman–Crippen MR) is 114 cm³/mol. The van der Waals surface area contributed by atoms with Gasteiger partial charge in [-0.25, -0.2) is 8.42 Å². The lowest BCUT2D eigenvalue weighted by atomic mass is 10.2. The largest absolute Gasteiger partial charge is 0.488 e. The summed E-state index contributed by atoms with van der Waals surface area (Å²) in [5, 5.41) is 10.1. The maximum atomic E-state index is 12.9. The Morgan fingerprint density at radius 2 is 1.69 bits per heavy atom. The van der Waals surface area contributed by atoms with E-state index < -0.39 is 9.84 Å². The Bertz CT molecular complexity index is 1180. The lowest BCUT2D eigenvalue weighted by Crippen LogP contribution is -2.04. The average molecular weight is 424 g/mol. The van der Waals surface area contributed by atoms with Gasteiger partial charge >= 0.3 is 0 Å². The molecule has 0 atom stereocenters. The highest BCUT2D eigenvalue weighted by Crippen LogP contribution is 2.26. The normalized spacial score (nSPS) is 11.7. The molecule has 0 aliphatic heterocycles. The highest BCUT2D eigenvalue weighted by atomic mass is 35.5. The summed E-state index contributed by atoms with van der Waals surface area (Å²) in [5.41, 5.74) is 2.36. The summed E-state index contributed by atoms with van der Waals surface area (Å²) in [4.78, 5) is -0.264. The van der Waals surface area contributed by atoms with Gasteiger partial charge in [0.1, 0.15) is 23.3 Å². The van der Waals surface area contributed by atoms with Crippen molar-refractivity contribution in [3.05, 3.63) is 99.4 Å². The molecule has 0 bridgehead atoms. The number of rotatable bonds is 6. The van der Waals surface area contributed by atoms with Crippen LogP contribution in [0.3, 0.4) is 0 Å². The minimum absolute atomic E-state index is 0.0791. The highest BCUT2D eigenvalue weighted by Gasteiger charge is 2.21. The summed E-state index contributed by atoms with van der Waals surface area (Å²) in [5.74, 6) is 0.481. The molecule has 0 saturated carbocycles. The minimum atomic E-state index is -3.92. The van der Waals surface area contributed by atoms with E-state index in [1.807, 2.05) is 25.1 Å². The van der Waals surface area contributed by atoms with E-state index in [0.29, 0.717) is 16.3 Å². The molecule has 0 saturated heterocycles. The summed E-state index contributed by atoms with van der Waals surface area (Å²) in [6.45, 7) is 2.15. The number of aryl methyl sites for hydroxylation is 1. The van der Waals surface area contributed by atoms with E-state index in [0.717, 1.165) is 11.1 Å². The first-order chi connectivity index (χ1) is 13.9. The quantitative estimate of drug-likeness (QED) is 0.486. The van der Waals surface area contributed by atoms with E-state index in [1.165, 1.54) is 18.2 Å². The zero-order valence-electron chi connectivity index (χ0n) is 15.7. The zero-order valence-corrected chi connectivity index (χ0v) is 17.2. The molecule has 0 amide bonds. The van der Waals surface area contributed by atoms with E-state index in [-0.39, 0.29) is 16.4 Å². The van der Waals surface area contributed by atoms with E-state index in [9.17, 15) is 13.7 Å². The lowest BCUT2D eigenvalue weighted by Gasteiger charge is -2.10. The van der Waals surface area contributed by atoms with Crippen molar-refractivity contribution >= 4 is 27.5 Å². The molecule has 146 valence electrons. The fourth-order valence-corrected chi connectivity index (χ4v) is 3.91. The van der Waals surface area contributed by atoms with Crippen molar-refractivity contribution in [1.82, 2.24) is 0 Å². The van der Waals surface area contributed by atoms with E-state index in [1.54, 1.807) is 48.5 Å². The Balaban J connectivity index is 1.91. The fourth-order valence-electron chi connectivity index (χ4n) is 2.63. The molecule has 0 fully saturated rings. The van der Waals surface area contributed by atoms with Gasteiger partial charge in [0.2, 0.25) is 9.84 Å². The molecule has 4 nitrogen and oxygen atoms in total. The lowest BCUT2D eigenvalue weighted by molar-refractivity contribution is 0.305. The number of hydrogen-bond donors (Lipinski definition) is 0. The van der Waals surface area contributed by atoms with Crippen LogP contribution in [-0.2, 0) is 16.4 Å². The summed E-state index contributed by atoms with van der Waals surface area (Å²) in [6, 6.07) is 22.4. The topological polar surface area (TPSA) is 67.2 Å². The Hall–Kier alpha value is -3.07. The van der Waals surface area contributed by atoms with Crippen molar-refractivity contribution in [3.8, 4) is 11.8 Å². The summed E-state index contributed by atoms with van der Waals surface area (Å²) >= 11 is 5.89. The van der Waals surface area contributed by atoms with Crippen molar-refractivity contribution in [2.45, 2.75) is 18.4 Å². The fraction of sp³-hybridized carbons (Fsp3) is 0.0870. The molecule has 3 aromatic carbocycles. The van der Waals surface area contributed by atoms with Gasteiger partial charge in [-0.1, -0.05) is 59.6 Å². The van der Waals surface area contributed by atoms with Crippen molar-refractivity contribution in [2.24, 2.45) is 0 Å². The maximum Gasteiger partial charge on any atom is 0.216 e. The van der Waals surface area contributed by atoms with Gasteiger partial charge in [-0.2, -0.15) is 5.26 Å². The monoisotopic (exact) mass is 423 g/mol. The molecular weight excluding hydrogens is 406 g/mol. The van der Waals surface area contributed by atoms with Crippen LogP contribution in [0.4, 0.5) is 0 Å². The average Bonchev–Trinajstić information content (AvgIpc) is 2.72. The Labute approximate surface area is 175 Å². The number of halogens is 1. The molecule has 29 heavy (non-hydrogen) atoms. The number of allylic oxidation sites excluding steroid dienone is 1. The van der Waals surface area contributed by atoms with Crippen molar-refractivity contribution in [2.75, 3.05) is 0 Å². The number of para-hydroxylation sites is 1. The number of benzene rings is 3. The van der Waals surface area contributed by atoms with Gasteiger partial charge in [-0.15, -0.1) is 0 Å². The summed E-state index contributed by atoms with van der Waals surface area (Å²) in [6.07, 6.45) is 1.34. The summed E-state index contributed by atoms with van der Waals surface area (Å²) < 4.78 is 31.6. The third-order valence-corrected chi connectivity index (χ3v) is 6.18. The van der Waals surface area contributed by atoms with Crippen LogP contribution in [0.2, 0.25) is 5.02 Å². The molecule has 0 N–H and O–H groups in total. The third-order valence-electron chi connectivity index (χ3n) is 4.24. The number of nitriles is 1. The standard InChI is InChI=1S/C23H18ClNO3S/c1-17-6-12-21(13-7-17)29(26,27)22(15-25)14-19-4-2-3-5-23(19)28-16-18-8-10-20(24)11-9-18/h2-14H,16H2,1H3. The number of sulfone groups is 1. The maximum absolute atomic E-state index is 12.9. The number of nitrogens with zero attached hydrogens (tertiary/aromatic N) is 1. The molecular formula is C23H18ClNO3S. The van der Waals surface area contributed by atoms with Gasteiger partial charge < -0.3 is 4.74 Å². The van der Waals surface area contributed by atoms with Gasteiger partial charge in [0.25, 0.3) is 0 Å². The first kappa shape index (κ1) is 20.7. The predicted octanol–water partition coefficient (Wildman–Crippen LogP) is 5.57. The molecule has 0 aliphatic rings. The van der Waals surface area contributed by atoms with Gasteiger partial charge in [-0.3, -0.25) is 0 Å². The first-order valence-corrected chi connectivity index (χ1v) is 10.7. The number of hydrogen-bond acceptors (Lipinski definition) is 4. The molecule has 0 radical (unpaired) electrons. The van der Waals surface area contributed by atoms with Crippen LogP contribution in [0, 0.1) is 18.3 Å². The van der Waals surface area contributed by atoms with Crippen molar-refractivity contribution in [1.29, 1.82) is 5.26 Å². The third kappa shape index (κ3) is 5.05. The van der Waals surface area contributed by atoms with Crippen LogP contribution in [0.25, 0.3) is 6.08 Å². The molecule has 0 unspecified atom stereocenters. The van der Waals surface area contributed by atoms with Gasteiger partial charge in [0.05, 0.1) is 4.90 Å². The van der Waals surface area contributed by atoms with E-state index in [2.05, 4.69) is 0 Å². The first-order valence-electron chi connectivity index (χ1n) is 8.80. The van der Waals surface area contributed by atoms with Gasteiger partial charge in [-0.05, 0) is 48.9 Å². The Kier molecular flexibility index (Phi) is 6.38.